The molecule has 0 radical (unpaired) electrons. The smallest absolute Gasteiger partial charge is 0.275 e. The van der Waals surface area contributed by atoms with E-state index in [1.54, 1.807) is 7.11 Å². The zero-order valence-corrected chi connectivity index (χ0v) is 18.1. The first-order valence-electron chi connectivity index (χ1n) is 11.0. The molecule has 3 aromatic rings. The number of amides is 2. The van der Waals surface area contributed by atoms with Crippen molar-refractivity contribution in [2.45, 2.75) is 32.4 Å². The Balaban J connectivity index is 1.32. The van der Waals surface area contributed by atoms with Crippen molar-refractivity contribution in [3.05, 3.63) is 82.2 Å². The van der Waals surface area contributed by atoms with Gasteiger partial charge in [-0.3, -0.25) is 14.7 Å². The molecular weight excluding hydrogens is 404 g/mol. The second-order valence-electron chi connectivity index (χ2n) is 8.33. The van der Waals surface area contributed by atoms with E-state index in [0.717, 1.165) is 23.2 Å². The summed E-state index contributed by atoms with van der Waals surface area (Å²) >= 11 is 0. The number of H-pyrrole nitrogens is 1. The topological polar surface area (TPSA) is 78.5 Å². The number of ether oxygens (including phenoxy) is 1. The fraction of sp³-hybridized carbons (Fsp3) is 0.320. The van der Waals surface area contributed by atoms with E-state index in [4.69, 9.17) is 4.74 Å². The predicted octanol–water partition coefficient (Wildman–Crippen LogP) is 2.74. The van der Waals surface area contributed by atoms with E-state index in [1.165, 1.54) is 11.1 Å². The first-order valence-corrected chi connectivity index (χ1v) is 11.0. The number of nitrogens with one attached hydrogen (secondary N) is 1. The molecule has 0 saturated heterocycles. The molecule has 0 spiro atoms. The number of benzene rings is 2. The molecule has 7 nitrogen and oxygen atoms in total. The van der Waals surface area contributed by atoms with Crippen molar-refractivity contribution >= 4 is 11.8 Å². The van der Waals surface area contributed by atoms with E-state index in [-0.39, 0.29) is 18.2 Å². The molecule has 0 bridgehead atoms. The first-order chi connectivity index (χ1) is 15.6. The zero-order valence-electron chi connectivity index (χ0n) is 18.1. The van der Waals surface area contributed by atoms with Crippen LogP contribution in [0.25, 0.3) is 0 Å². The summed E-state index contributed by atoms with van der Waals surface area (Å²) < 4.78 is 5.38. The maximum Gasteiger partial charge on any atom is 0.275 e. The van der Waals surface area contributed by atoms with Crippen LogP contribution in [0.2, 0.25) is 0 Å². The standard InChI is InChI=1S/C25H26N4O3/c1-32-22-9-5-4-7-18(22)14-23(30)28-13-11-21-20(16-28)24(27-26-21)25(31)29-12-10-17-6-2-3-8-19(17)15-29/h2-9H,10-16H2,1H3,(H,26,27). The highest BCUT2D eigenvalue weighted by Gasteiger charge is 2.31. The van der Waals surface area contributed by atoms with Crippen molar-refractivity contribution < 1.29 is 14.3 Å². The molecule has 32 heavy (non-hydrogen) atoms. The van der Waals surface area contributed by atoms with Crippen molar-refractivity contribution in [2.75, 3.05) is 20.2 Å². The number of fused-ring (bicyclic) bond motifs is 2. The maximum absolute atomic E-state index is 13.3. The highest BCUT2D eigenvalue weighted by molar-refractivity contribution is 5.94. The molecule has 1 aromatic heterocycles. The average Bonchev–Trinajstić information content (AvgIpc) is 3.27. The molecule has 5 rings (SSSR count). The largest absolute Gasteiger partial charge is 0.496 e. The van der Waals surface area contributed by atoms with Gasteiger partial charge >= 0.3 is 0 Å². The molecule has 2 amide bonds. The number of aromatic nitrogens is 2. The van der Waals surface area contributed by atoms with Gasteiger partial charge in [0.15, 0.2) is 5.69 Å². The average molecular weight is 431 g/mol. The minimum absolute atomic E-state index is 0.0200. The molecule has 0 saturated carbocycles. The maximum atomic E-state index is 13.3. The Morgan fingerprint density at radius 3 is 2.56 bits per heavy atom. The molecule has 0 unspecified atom stereocenters. The molecule has 0 atom stereocenters. The number of aromatic amines is 1. The van der Waals surface area contributed by atoms with Crippen LogP contribution in [0.1, 0.15) is 38.4 Å². The molecule has 0 aliphatic carbocycles. The van der Waals surface area contributed by atoms with Gasteiger partial charge in [0.1, 0.15) is 5.75 Å². The van der Waals surface area contributed by atoms with Gasteiger partial charge in [0.05, 0.1) is 13.5 Å². The lowest BCUT2D eigenvalue weighted by Crippen LogP contribution is -2.39. The summed E-state index contributed by atoms with van der Waals surface area (Å²) in [5, 5.41) is 7.40. The van der Waals surface area contributed by atoms with Crippen LogP contribution in [0.15, 0.2) is 48.5 Å². The first kappa shape index (κ1) is 20.3. The number of hydrogen-bond acceptors (Lipinski definition) is 4. The van der Waals surface area contributed by atoms with E-state index >= 15 is 0 Å². The Morgan fingerprint density at radius 1 is 0.969 bits per heavy atom. The fourth-order valence-corrected chi connectivity index (χ4v) is 4.63. The summed E-state index contributed by atoms with van der Waals surface area (Å²) in [4.78, 5) is 30.0. The number of para-hydroxylation sites is 1. The summed E-state index contributed by atoms with van der Waals surface area (Å²) in [5.41, 5.74) is 5.58. The normalized spacial score (nSPS) is 15.2. The van der Waals surface area contributed by atoms with Crippen LogP contribution in [0.3, 0.4) is 0 Å². The summed E-state index contributed by atoms with van der Waals surface area (Å²) in [5.74, 6) is 0.658. The number of rotatable bonds is 4. The summed E-state index contributed by atoms with van der Waals surface area (Å²) in [7, 11) is 1.61. The molecule has 0 fully saturated rings. The van der Waals surface area contributed by atoms with Gasteiger partial charge in [0, 0.05) is 49.4 Å². The van der Waals surface area contributed by atoms with Crippen LogP contribution in [0.5, 0.6) is 5.75 Å². The van der Waals surface area contributed by atoms with E-state index in [0.29, 0.717) is 44.0 Å². The number of nitrogens with zero attached hydrogens (tertiary/aromatic N) is 3. The van der Waals surface area contributed by atoms with E-state index in [1.807, 2.05) is 46.2 Å². The molecule has 3 heterocycles. The molecule has 2 aliphatic rings. The second-order valence-corrected chi connectivity index (χ2v) is 8.33. The van der Waals surface area contributed by atoms with Crippen LogP contribution in [-0.2, 0) is 37.1 Å². The second kappa shape index (κ2) is 8.49. The van der Waals surface area contributed by atoms with E-state index in [2.05, 4.69) is 22.3 Å². The lowest BCUT2D eigenvalue weighted by Gasteiger charge is -2.30. The predicted molar refractivity (Wildman–Crippen MR) is 119 cm³/mol. The molecule has 2 aromatic carbocycles. The highest BCUT2D eigenvalue weighted by Crippen LogP contribution is 2.26. The minimum Gasteiger partial charge on any atom is -0.496 e. The third-order valence-electron chi connectivity index (χ3n) is 6.44. The van der Waals surface area contributed by atoms with Crippen molar-refractivity contribution in [1.82, 2.24) is 20.0 Å². The van der Waals surface area contributed by atoms with Crippen molar-refractivity contribution in [3.8, 4) is 5.75 Å². The van der Waals surface area contributed by atoms with Gasteiger partial charge in [0.2, 0.25) is 5.91 Å². The van der Waals surface area contributed by atoms with Gasteiger partial charge < -0.3 is 14.5 Å². The lowest BCUT2D eigenvalue weighted by atomic mass is 9.98. The van der Waals surface area contributed by atoms with Crippen molar-refractivity contribution in [1.29, 1.82) is 0 Å². The SMILES string of the molecule is COc1ccccc1CC(=O)N1CCc2[nH]nc(C(=O)N3CCc4ccccc4C3)c2C1. The van der Waals surface area contributed by atoms with Crippen molar-refractivity contribution in [2.24, 2.45) is 0 Å². The number of hydrogen-bond donors (Lipinski definition) is 1. The summed E-state index contributed by atoms with van der Waals surface area (Å²) in [6, 6.07) is 15.8. The van der Waals surface area contributed by atoms with Gasteiger partial charge in [0.25, 0.3) is 5.91 Å². The van der Waals surface area contributed by atoms with Gasteiger partial charge in [-0.25, -0.2) is 0 Å². The minimum atomic E-state index is -0.0731. The molecule has 7 heteroatoms. The van der Waals surface area contributed by atoms with Crippen LogP contribution >= 0.6 is 0 Å². The van der Waals surface area contributed by atoms with Crippen molar-refractivity contribution in [3.63, 3.8) is 0 Å². The molecule has 2 aliphatic heterocycles. The zero-order chi connectivity index (χ0) is 22.1. The Kier molecular flexibility index (Phi) is 5.39. The van der Waals surface area contributed by atoms with E-state index < -0.39 is 0 Å². The monoisotopic (exact) mass is 430 g/mol. The van der Waals surface area contributed by atoms with Crippen LogP contribution in [-0.4, -0.2) is 52.0 Å². The Bertz CT molecular complexity index is 1170. The van der Waals surface area contributed by atoms with Gasteiger partial charge in [-0.15, -0.1) is 0 Å². The Hall–Kier alpha value is -3.61. The van der Waals surface area contributed by atoms with Crippen LogP contribution < -0.4 is 4.74 Å². The van der Waals surface area contributed by atoms with Gasteiger partial charge in [-0.1, -0.05) is 42.5 Å². The van der Waals surface area contributed by atoms with E-state index in [9.17, 15) is 9.59 Å². The van der Waals surface area contributed by atoms with Crippen LogP contribution in [0, 0.1) is 0 Å². The molecular formula is C25H26N4O3. The highest BCUT2D eigenvalue weighted by atomic mass is 16.5. The quantitative estimate of drug-likeness (QED) is 0.690. The Morgan fingerprint density at radius 2 is 1.72 bits per heavy atom. The Labute approximate surface area is 187 Å². The number of carbonyl (C=O) groups excluding carboxylic acids is 2. The lowest BCUT2D eigenvalue weighted by molar-refractivity contribution is -0.131. The van der Waals surface area contributed by atoms with Gasteiger partial charge in [-0.05, 0) is 23.6 Å². The summed E-state index contributed by atoms with van der Waals surface area (Å²) in [6.07, 6.45) is 1.78. The molecule has 1 N–H and O–H groups in total. The third kappa shape index (κ3) is 3.75. The third-order valence-corrected chi connectivity index (χ3v) is 6.44. The molecule has 164 valence electrons. The van der Waals surface area contributed by atoms with Crippen LogP contribution in [0.4, 0.5) is 0 Å². The number of methoxy groups -OCH3 is 1. The summed E-state index contributed by atoms with van der Waals surface area (Å²) in [6.45, 7) is 2.26. The fourth-order valence-electron chi connectivity index (χ4n) is 4.63. The number of carbonyl (C=O) groups is 2. The van der Waals surface area contributed by atoms with Gasteiger partial charge in [-0.2, -0.15) is 5.10 Å².